The van der Waals surface area contributed by atoms with Crippen LogP contribution in [0.5, 0.6) is 0 Å². The number of nitrogens with zero attached hydrogens (tertiary/aromatic N) is 4. The summed E-state index contributed by atoms with van der Waals surface area (Å²) in [6, 6.07) is 11.2. The van der Waals surface area contributed by atoms with Crippen molar-refractivity contribution in [3.63, 3.8) is 0 Å². The summed E-state index contributed by atoms with van der Waals surface area (Å²) in [7, 11) is 0. The maximum Gasteiger partial charge on any atom is 0.137 e. The molecule has 0 saturated carbocycles. The monoisotopic (exact) mass is 317 g/mol. The first kappa shape index (κ1) is 14.3. The molecule has 0 amide bonds. The predicted octanol–water partition coefficient (Wildman–Crippen LogP) is 4.51. The molecule has 0 saturated heterocycles. The van der Waals surface area contributed by atoms with Gasteiger partial charge in [-0.15, -0.1) is 4.91 Å². The third kappa shape index (κ3) is 2.28. The Bertz CT molecular complexity index is 1030. The minimum absolute atomic E-state index is 0.394. The molecular weight excluding hydrogens is 302 g/mol. The van der Waals surface area contributed by atoms with Gasteiger partial charge in [0.2, 0.25) is 0 Å². The van der Waals surface area contributed by atoms with Crippen LogP contribution in [0.25, 0.3) is 33.4 Å². The molecule has 1 aromatic carbocycles. The van der Waals surface area contributed by atoms with E-state index in [0.29, 0.717) is 5.69 Å². The highest BCUT2D eigenvalue weighted by atomic mass is 16.3. The van der Waals surface area contributed by atoms with E-state index in [0.717, 1.165) is 40.0 Å². The summed E-state index contributed by atoms with van der Waals surface area (Å²) < 4.78 is 1.89. The van der Waals surface area contributed by atoms with Crippen LogP contribution in [-0.4, -0.2) is 19.7 Å². The molecule has 0 spiro atoms. The van der Waals surface area contributed by atoms with E-state index in [1.165, 1.54) is 0 Å². The second-order valence-corrected chi connectivity index (χ2v) is 5.49. The average molecular weight is 317 g/mol. The van der Waals surface area contributed by atoms with Crippen LogP contribution < -0.4 is 0 Å². The SMILES string of the molecule is CCn1cc(-c2ccnc3[nH]ccc23)c(-c2cccc(N=O)c2)n1. The number of nitroso groups, excluding NO2 is 1. The lowest BCUT2D eigenvalue weighted by molar-refractivity contribution is 0.662. The minimum atomic E-state index is 0.394. The molecule has 0 aliphatic rings. The zero-order valence-corrected chi connectivity index (χ0v) is 13.1. The Labute approximate surface area is 138 Å². The van der Waals surface area contributed by atoms with Crippen LogP contribution in [-0.2, 0) is 6.54 Å². The van der Waals surface area contributed by atoms with Crippen LogP contribution in [0.1, 0.15) is 6.92 Å². The second kappa shape index (κ2) is 5.73. The maximum absolute atomic E-state index is 10.9. The van der Waals surface area contributed by atoms with Gasteiger partial charge in [0.25, 0.3) is 0 Å². The first-order chi connectivity index (χ1) is 11.8. The fourth-order valence-corrected chi connectivity index (χ4v) is 2.90. The molecule has 6 nitrogen and oxygen atoms in total. The molecule has 4 rings (SSSR count). The van der Waals surface area contributed by atoms with Gasteiger partial charge in [0.15, 0.2) is 0 Å². The van der Waals surface area contributed by atoms with Gasteiger partial charge in [-0.25, -0.2) is 4.98 Å². The van der Waals surface area contributed by atoms with Gasteiger partial charge in [-0.2, -0.15) is 5.10 Å². The Hall–Kier alpha value is -3.28. The van der Waals surface area contributed by atoms with E-state index in [-0.39, 0.29) is 0 Å². The number of aromatic nitrogens is 4. The van der Waals surface area contributed by atoms with Gasteiger partial charge in [-0.05, 0) is 41.9 Å². The molecule has 24 heavy (non-hydrogen) atoms. The van der Waals surface area contributed by atoms with Crippen LogP contribution in [0, 0.1) is 4.91 Å². The Morgan fingerprint density at radius 2 is 2.12 bits per heavy atom. The Morgan fingerprint density at radius 3 is 2.96 bits per heavy atom. The van der Waals surface area contributed by atoms with Crippen molar-refractivity contribution in [2.24, 2.45) is 5.18 Å². The van der Waals surface area contributed by atoms with E-state index in [9.17, 15) is 4.91 Å². The normalized spacial score (nSPS) is 11.0. The summed E-state index contributed by atoms with van der Waals surface area (Å²) in [5.74, 6) is 0. The van der Waals surface area contributed by atoms with Crippen LogP contribution in [0.2, 0.25) is 0 Å². The van der Waals surface area contributed by atoms with E-state index in [1.54, 1.807) is 18.3 Å². The zero-order valence-electron chi connectivity index (χ0n) is 13.1. The number of pyridine rings is 1. The molecule has 3 heterocycles. The molecule has 1 N–H and O–H groups in total. The number of hydrogen-bond donors (Lipinski definition) is 1. The van der Waals surface area contributed by atoms with Crippen molar-refractivity contribution in [3.8, 4) is 22.4 Å². The highest BCUT2D eigenvalue weighted by Crippen LogP contribution is 2.35. The third-order valence-electron chi connectivity index (χ3n) is 4.06. The minimum Gasteiger partial charge on any atom is -0.346 e. The molecular formula is C18H15N5O. The van der Waals surface area contributed by atoms with Crippen molar-refractivity contribution >= 4 is 16.7 Å². The Morgan fingerprint density at radius 1 is 1.21 bits per heavy atom. The molecule has 118 valence electrons. The van der Waals surface area contributed by atoms with E-state index < -0.39 is 0 Å². The predicted molar refractivity (Wildman–Crippen MR) is 93.9 cm³/mol. The average Bonchev–Trinajstić information content (AvgIpc) is 3.28. The van der Waals surface area contributed by atoms with Crippen molar-refractivity contribution in [2.45, 2.75) is 13.5 Å². The number of nitrogens with one attached hydrogen (secondary N) is 1. The molecule has 6 heteroatoms. The first-order valence-corrected chi connectivity index (χ1v) is 7.74. The number of aromatic amines is 1. The Kier molecular flexibility index (Phi) is 3.42. The molecule has 0 aliphatic heterocycles. The van der Waals surface area contributed by atoms with Gasteiger partial charge in [-0.3, -0.25) is 4.68 Å². The van der Waals surface area contributed by atoms with E-state index in [1.807, 2.05) is 48.3 Å². The molecule has 0 atom stereocenters. The van der Waals surface area contributed by atoms with Crippen molar-refractivity contribution in [1.82, 2.24) is 19.7 Å². The van der Waals surface area contributed by atoms with Gasteiger partial charge in [0, 0.05) is 41.6 Å². The van der Waals surface area contributed by atoms with Crippen LogP contribution in [0.15, 0.2) is 60.2 Å². The second-order valence-electron chi connectivity index (χ2n) is 5.49. The quantitative estimate of drug-likeness (QED) is 0.563. The van der Waals surface area contributed by atoms with E-state index >= 15 is 0 Å². The molecule has 4 aromatic rings. The molecule has 0 radical (unpaired) electrons. The number of aryl methyl sites for hydroxylation is 1. The summed E-state index contributed by atoms with van der Waals surface area (Å²) >= 11 is 0. The summed E-state index contributed by atoms with van der Waals surface area (Å²) in [5, 5.41) is 8.75. The lowest BCUT2D eigenvalue weighted by atomic mass is 10.0. The van der Waals surface area contributed by atoms with Crippen LogP contribution in [0.4, 0.5) is 5.69 Å². The fourth-order valence-electron chi connectivity index (χ4n) is 2.90. The number of fused-ring (bicyclic) bond motifs is 1. The fraction of sp³-hybridized carbons (Fsp3) is 0.111. The standard InChI is InChI=1S/C18H15N5O/c1-2-23-11-16(14-6-8-19-18-15(14)7-9-20-18)17(21-23)12-4-3-5-13(10-12)22-24/h3-11H,2H2,1H3,(H,19,20). The maximum atomic E-state index is 10.9. The number of H-pyrrole nitrogens is 1. The molecule has 0 fully saturated rings. The van der Waals surface area contributed by atoms with E-state index in [2.05, 4.69) is 20.2 Å². The highest BCUT2D eigenvalue weighted by molar-refractivity contribution is 5.96. The topological polar surface area (TPSA) is 75.9 Å². The lowest BCUT2D eigenvalue weighted by Crippen LogP contribution is -1.93. The van der Waals surface area contributed by atoms with Gasteiger partial charge in [0.05, 0.1) is 0 Å². The van der Waals surface area contributed by atoms with Crippen molar-refractivity contribution in [3.05, 3.63) is 59.9 Å². The smallest absolute Gasteiger partial charge is 0.137 e. The van der Waals surface area contributed by atoms with Gasteiger partial charge in [0.1, 0.15) is 17.0 Å². The van der Waals surface area contributed by atoms with E-state index in [4.69, 9.17) is 0 Å². The molecule has 0 bridgehead atoms. The third-order valence-corrected chi connectivity index (χ3v) is 4.06. The summed E-state index contributed by atoms with van der Waals surface area (Å²) in [6.45, 7) is 2.81. The summed E-state index contributed by atoms with van der Waals surface area (Å²) in [6.07, 6.45) is 5.69. The van der Waals surface area contributed by atoms with Gasteiger partial charge < -0.3 is 4.98 Å². The lowest BCUT2D eigenvalue weighted by Gasteiger charge is -2.04. The highest BCUT2D eigenvalue weighted by Gasteiger charge is 2.16. The summed E-state index contributed by atoms with van der Waals surface area (Å²) in [4.78, 5) is 18.3. The zero-order chi connectivity index (χ0) is 16.5. The van der Waals surface area contributed by atoms with Gasteiger partial charge >= 0.3 is 0 Å². The number of rotatable bonds is 4. The number of hydrogen-bond acceptors (Lipinski definition) is 4. The largest absolute Gasteiger partial charge is 0.346 e. The van der Waals surface area contributed by atoms with Gasteiger partial charge in [-0.1, -0.05) is 12.1 Å². The van der Waals surface area contributed by atoms with Crippen molar-refractivity contribution < 1.29 is 0 Å². The number of benzene rings is 1. The Balaban J connectivity index is 1.97. The molecule has 3 aromatic heterocycles. The molecule has 0 unspecified atom stereocenters. The van der Waals surface area contributed by atoms with Crippen molar-refractivity contribution in [1.29, 1.82) is 0 Å². The van der Waals surface area contributed by atoms with Crippen LogP contribution >= 0.6 is 0 Å². The molecule has 0 aliphatic carbocycles. The summed E-state index contributed by atoms with van der Waals surface area (Å²) in [5.41, 5.74) is 5.00. The van der Waals surface area contributed by atoms with Crippen LogP contribution in [0.3, 0.4) is 0 Å². The first-order valence-electron chi connectivity index (χ1n) is 7.74. The van der Waals surface area contributed by atoms with Crippen molar-refractivity contribution in [2.75, 3.05) is 0 Å².